The summed E-state index contributed by atoms with van der Waals surface area (Å²) >= 11 is 0. The van der Waals surface area contributed by atoms with Crippen molar-refractivity contribution >= 4 is 17.6 Å². The minimum atomic E-state index is -1.10. The third-order valence-corrected chi connectivity index (χ3v) is 3.51. The molecule has 2 rings (SSSR count). The van der Waals surface area contributed by atoms with E-state index in [-0.39, 0.29) is 36.4 Å². The van der Waals surface area contributed by atoms with Crippen LogP contribution in [-0.2, 0) is 4.79 Å². The van der Waals surface area contributed by atoms with E-state index in [0.29, 0.717) is 17.9 Å². The van der Waals surface area contributed by atoms with Crippen molar-refractivity contribution in [1.29, 1.82) is 0 Å². The fourth-order valence-electron chi connectivity index (χ4n) is 2.31. The maximum Gasteiger partial charge on any atom is 0.335 e. The van der Waals surface area contributed by atoms with Gasteiger partial charge in [0.2, 0.25) is 5.91 Å². The first-order valence-electron chi connectivity index (χ1n) is 8.58. The molecule has 0 radical (unpaired) electrons. The lowest BCUT2D eigenvalue weighted by molar-refractivity contribution is -0.116. The van der Waals surface area contributed by atoms with Crippen molar-refractivity contribution in [3.05, 3.63) is 53.8 Å². The molecule has 2 aromatic carbocycles. The Kier molecular flexibility index (Phi) is 7.16. The topological polar surface area (TPSA) is 84.9 Å². The summed E-state index contributed by atoms with van der Waals surface area (Å²) in [6, 6.07) is 10.3. The van der Waals surface area contributed by atoms with Gasteiger partial charge in [-0.2, -0.15) is 0 Å². The average molecular weight is 375 g/mol. The molecule has 7 heteroatoms. The summed E-state index contributed by atoms with van der Waals surface area (Å²) in [5.74, 6) is -1.34. The molecule has 0 aliphatic heterocycles. The molecule has 0 unspecified atom stereocenters. The van der Waals surface area contributed by atoms with Crippen LogP contribution in [0.1, 0.15) is 37.0 Å². The van der Waals surface area contributed by atoms with Gasteiger partial charge in [-0.15, -0.1) is 0 Å². The maximum atomic E-state index is 13.4. The Bertz CT molecular complexity index is 807. The Balaban J connectivity index is 1.92. The van der Waals surface area contributed by atoms with E-state index in [2.05, 4.69) is 5.32 Å². The van der Waals surface area contributed by atoms with Gasteiger partial charge in [0.25, 0.3) is 0 Å². The van der Waals surface area contributed by atoms with Crippen molar-refractivity contribution in [2.75, 3.05) is 11.9 Å². The number of carboxylic acids is 1. The molecule has 27 heavy (non-hydrogen) atoms. The average Bonchev–Trinajstić information content (AvgIpc) is 2.61. The zero-order chi connectivity index (χ0) is 19.8. The molecular weight excluding hydrogens is 353 g/mol. The minimum Gasteiger partial charge on any atom is -0.491 e. The van der Waals surface area contributed by atoms with E-state index >= 15 is 0 Å². The molecule has 0 heterocycles. The van der Waals surface area contributed by atoms with E-state index in [1.807, 2.05) is 13.8 Å². The van der Waals surface area contributed by atoms with E-state index in [4.69, 9.17) is 14.6 Å². The highest BCUT2D eigenvalue weighted by molar-refractivity contribution is 5.95. The Hall–Kier alpha value is -3.09. The third-order valence-electron chi connectivity index (χ3n) is 3.51. The molecule has 0 atom stereocenters. The molecule has 0 spiro atoms. The Labute approximate surface area is 156 Å². The van der Waals surface area contributed by atoms with Crippen molar-refractivity contribution in [1.82, 2.24) is 0 Å². The van der Waals surface area contributed by atoms with Crippen molar-refractivity contribution in [3.8, 4) is 11.5 Å². The predicted molar refractivity (Wildman–Crippen MR) is 98.9 cm³/mol. The number of amides is 1. The molecule has 0 fully saturated rings. The van der Waals surface area contributed by atoms with Crippen LogP contribution in [0.25, 0.3) is 0 Å². The third kappa shape index (κ3) is 6.29. The van der Waals surface area contributed by atoms with E-state index in [1.54, 1.807) is 12.1 Å². The van der Waals surface area contributed by atoms with E-state index < -0.39 is 11.8 Å². The van der Waals surface area contributed by atoms with Gasteiger partial charge >= 0.3 is 5.97 Å². The van der Waals surface area contributed by atoms with Gasteiger partial charge in [0, 0.05) is 6.42 Å². The van der Waals surface area contributed by atoms with Gasteiger partial charge in [0.05, 0.1) is 24.0 Å². The second kappa shape index (κ2) is 9.56. The van der Waals surface area contributed by atoms with Crippen LogP contribution in [-0.4, -0.2) is 29.7 Å². The fraction of sp³-hybridized carbons (Fsp3) is 0.300. The van der Waals surface area contributed by atoms with E-state index in [0.717, 1.165) is 0 Å². The number of aromatic carboxylic acids is 1. The normalized spacial score (nSPS) is 10.5. The van der Waals surface area contributed by atoms with Crippen LogP contribution >= 0.6 is 0 Å². The Morgan fingerprint density at radius 2 is 1.89 bits per heavy atom. The van der Waals surface area contributed by atoms with Crippen molar-refractivity contribution in [3.63, 3.8) is 0 Å². The van der Waals surface area contributed by atoms with Crippen molar-refractivity contribution < 1.29 is 28.6 Å². The summed E-state index contributed by atoms with van der Waals surface area (Å²) in [5.41, 5.74) is 0.341. The number of halogens is 1. The zero-order valence-electron chi connectivity index (χ0n) is 15.2. The highest BCUT2D eigenvalue weighted by atomic mass is 19.1. The molecule has 6 nitrogen and oxygen atoms in total. The molecule has 0 saturated carbocycles. The largest absolute Gasteiger partial charge is 0.491 e. The van der Waals surface area contributed by atoms with E-state index in [9.17, 15) is 14.0 Å². The summed E-state index contributed by atoms with van der Waals surface area (Å²) in [4.78, 5) is 23.3. The molecule has 0 aliphatic carbocycles. The second-order valence-electron chi connectivity index (χ2n) is 6.11. The number of hydrogen-bond donors (Lipinski definition) is 2. The van der Waals surface area contributed by atoms with Crippen LogP contribution in [0.2, 0.25) is 0 Å². The first-order valence-corrected chi connectivity index (χ1v) is 8.58. The number of rotatable bonds is 9. The molecule has 0 saturated heterocycles. The lowest BCUT2D eigenvalue weighted by atomic mass is 10.1. The summed E-state index contributed by atoms with van der Waals surface area (Å²) < 4.78 is 24.4. The van der Waals surface area contributed by atoms with Gasteiger partial charge in [-0.1, -0.05) is 12.1 Å². The lowest BCUT2D eigenvalue weighted by Gasteiger charge is -2.15. The van der Waals surface area contributed by atoms with Crippen LogP contribution < -0.4 is 14.8 Å². The number of ether oxygens (including phenoxy) is 2. The van der Waals surface area contributed by atoms with Gasteiger partial charge in [-0.3, -0.25) is 4.79 Å². The van der Waals surface area contributed by atoms with Gasteiger partial charge < -0.3 is 19.9 Å². The molecule has 0 aliphatic rings. The van der Waals surface area contributed by atoms with Crippen molar-refractivity contribution in [2.24, 2.45) is 0 Å². The highest BCUT2D eigenvalue weighted by Crippen LogP contribution is 2.27. The Morgan fingerprint density at radius 3 is 2.56 bits per heavy atom. The smallest absolute Gasteiger partial charge is 0.335 e. The molecule has 0 bridgehead atoms. The quantitative estimate of drug-likeness (QED) is 0.645. The molecule has 2 aromatic rings. The number of carbonyl (C=O) groups is 2. The zero-order valence-corrected chi connectivity index (χ0v) is 15.2. The summed E-state index contributed by atoms with van der Waals surface area (Å²) in [6.07, 6.45) is 0.372. The number of anilines is 1. The number of benzene rings is 2. The molecule has 0 aromatic heterocycles. The number of carboxylic acid groups (broad SMARTS) is 1. The van der Waals surface area contributed by atoms with Crippen LogP contribution in [0, 0.1) is 5.82 Å². The first-order chi connectivity index (χ1) is 12.9. The molecule has 1 amide bonds. The molecular formula is C20H22FNO5. The number of hydrogen-bond acceptors (Lipinski definition) is 4. The number of nitrogens with one attached hydrogen (secondary N) is 1. The summed E-state index contributed by atoms with van der Waals surface area (Å²) in [7, 11) is 0. The fourth-order valence-corrected chi connectivity index (χ4v) is 2.31. The monoisotopic (exact) mass is 375 g/mol. The standard InChI is InChI=1S/C20H22FNO5/c1-13(2)27-18-10-9-14(20(24)25)12-16(18)22-19(23)8-5-11-26-17-7-4-3-6-15(17)21/h3-4,6-7,9-10,12-13H,5,8,11H2,1-2H3,(H,22,23)(H,24,25). The van der Waals surface area contributed by atoms with Crippen LogP contribution in [0.3, 0.4) is 0 Å². The van der Waals surface area contributed by atoms with E-state index in [1.165, 1.54) is 30.3 Å². The Morgan fingerprint density at radius 1 is 1.15 bits per heavy atom. The lowest BCUT2D eigenvalue weighted by Crippen LogP contribution is -2.16. The minimum absolute atomic E-state index is 0.0456. The molecule has 2 N–H and O–H groups in total. The summed E-state index contributed by atoms with van der Waals surface area (Å²) in [5, 5.41) is 11.8. The first kappa shape index (κ1) is 20.2. The van der Waals surface area contributed by atoms with Crippen LogP contribution in [0.15, 0.2) is 42.5 Å². The maximum absolute atomic E-state index is 13.4. The van der Waals surface area contributed by atoms with Gasteiger partial charge in [-0.05, 0) is 50.6 Å². The van der Waals surface area contributed by atoms with Crippen molar-refractivity contribution in [2.45, 2.75) is 32.8 Å². The SMILES string of the molecule is CC(C)Oc1ccc(C(=O)O)cc1NC(=O)CCCOc1ccccc1F. The predicted octanol–water partition coefficient (Wildman–Crippen LogP) is 4.11. The molecule has 144 valence electrons. The van der Waals surface area contributed by atoms with Gasteiger partial charge in [0.15, 0.2) is 11.6 Å². The van der Waals surface area contributed by atoms with Gasteiger partial charge in [0.1, 0.15) is 5.75 Å². The summed E-state index contributed by atoms with van der Waals surface area (Å²) in [6.45, 7) is 3.84. The number of para-hydroxylation sites is 1. The number of carbonyl (C=O) groups excluding carboxylic acids is 1. The van der Waals surface area contributed by atoms with Crippen LogP contribution in [0.5, 0.6) is 11.5 Å². The highest BCUT2D eigenvalue weighted by Gasteiger charge is 2.13. The van der Waals surface area contributed by atoms with Crippen LogP contribution in [0.4, 0.5) is 10.1 Å². The second-order valence-corrected chi connectivity index (χ2v) is 6.11. The van der Waals surface area contributed by atoms with Gasteiger partial charge in [-0.25, -0.2) is 9.18 Å².